The van der Waals surface area contributed by atoms with Crippen LogP contribution < -0.4 is 20.1 Å². The molecule has 26 heavy (non-hydrogen) atoms. The van der Waals surface area contributed by atoms with Crippen molar-refractivity contribution in [3.63, 3.8) is 0 Å². The number of ether oxygens (including phenoxy) is 2. The van der Waals surface area contributed by atoms with E-state index in [1.807, 2.05) is 62.5 Å². The third kappa shape index (κ3) is 5.23. The zero-order valence-corrected chi connectivity index (χ0v) is 15.9. The van der Waals surface area contributed by atoms with Gasteiger partial charge in [0, 0.05) is 12.5 Å². The average molecular weight is 356 g/mol. The summed E-state index contributed by atoms with van der Waals surface area (Å²) in [5, 5.41) is 6.23. The van der Waals surface area contributed by atoms with Crippen molar-refractivity contribution in [1.29, 1.82) is 0 Å². The summed E-state index contributed by atoms with van der Waals surface area (Å²) in [6.07, 6.45) is 0.669. The molecule has 140 valence electrons. The van der Waals surface area contributed by atoms with E-state index in [-0.39, 0.29) is 17.9 Å². The van der Waals surface area contributed by atoms with E-state index in [4.69, 9.17) is 9.47 Å². The van der Waals surface area contributed by atoms with Crippen molar-refractivity contribution in [2.75, 3.05) is 27.8 Å². The Morgan fingerprint density at radius 2 is 1.73 bits per heavy atom. The molecular weight excluding hydrogens is 328 g/mol. The standard InChI is InChI=1S/C21H28N2O3/c1-15(14-22-2)21(24)23-18(17-8-6-5-7-9-17)12-16-10-11-19(25-3)20(13-16)26-4/h5-11,13,15,18,22H,12,14H2,1-4H3,(H,23,24). The van der Waals surface area contributed by atoms with Crippen molar-refractivity contribution in [3.05, 3.63) is 59.7 Å². The van der Waals surface area contributed by atoms with Gasteiger partial charge in [0.1, 0.15) is 0 Å². The zero-order chi connectivity index (χ0) is 18.9. The van der Waals surface area contributed by atoms with Gasteiger partial charge >= 0.3 is 0 Å². The maximum absolute atomic E-state index is 12.5. The summed E-state index contributed by atoms with van der Waals surface area (Å²) < 4.78 is 10.7. The lowest BCUT2D eigenvalue weighted by Crippen LogP contribution is -2.37. The number of carbonyl (C=O) groups is 1. The predicted molar refractivity (Wildman–Crippen MR) is 104 cm³/mol. The third-order valence-corrected chi connectivity index (χ3v) is 4.36. The highest BCUT2D eigenvalue weighted by Gasteiger charge is 2.19. The van der Waals surface area contributed by atoms with E-state index < -0.39 is 0 Å². The molecule has 0 aliphatic heterocycles. The molecule has 2 unspecified atom stereocenters. The van der Waals surface area contributed by atoms with Gasteiger partial charge in [-0.15, -0.1) is 0 Å². The Labute approximate surface area is 155 Å². The van der Waals surface area contributed by atoms with Crippen LogP contribution in [0.15, 0.2) is 48.5 Å². The molecule has 0 aliphatic rings. The van der Waals surface area contributed by atoms with Crippen LogP contribution in [0.1, 0.15) is 24.1 Å². The molecule has 2 rings (SSSR count). The van der Waals surface area contributed by atoms with Crippen molar-refractivity contribution in [3.8, 4) is 11.5 Å². The first-order valence-corrected chi connectivity index (χ1v) is 8.79. The van der Waals surface area contributed by atoms with Crippen LogP contribution in [0.2, 0.25) is 0 Å². The average Bonchev–Trinajstić information content (AvgIpc) is 2.68. The number of hydrogen-bond acceptors (Lipinski definition) is 4. The van der Waals surface area contributed by atoms with Crippen LogP contribution in [0.3, 0.4) is 0 Å². The first-order chi connectivity index (χ1) is 12.6. The molecule has 2 atom stereocenters. The summed E-state index contributed by atoms with van der Waals surface area (Å²) in [4.78, 5) is 12.5. The smallest absolute Gasteiger partial charge is 0.224 e. The van der Waals surface area contributed by atoms with Crippen LogP contribution in [0.5, 0.6) is 11.5 Å². The molecule has 0 aromatic heterocycles. The minimum Gasteiger partial charge on any atom is -0.493 e. The van der Waals surface area contributed by atoms with Crippen molar-refractivity contribution < 1.29 is 14.3 Å². The quantitative estimate of drug-likeness (QED) is 0.725. The van der Waals surface area contributed by atoms with Gasteiger partial charge in [0.25, 0.3) is 0 Å². The number of benzene rings is 2. The highest BCUT2D eigenvalue weighted by molar-refractivity contribution is 5.79. The van der Waals surface area contributed by atoms with Crippen molar-refractivity contribution >= 4 is 5.91 Å². The Morgan fingerprint density at radius 1 is 1.04 bits per heavy atom. The molecule has 0 saturated heterocycles. The molecule has 2 aromatic carbocycles. The van der Waals surface area contributed by atoms with Gasteiger partial charge in [-0.1, -0.05) is 43.3 Å². The maximum Gasteiger partial charge on any atom is 0.224 e. The Kier molecular flexibility index (Phi) is 7.48. The fourth-order valence-electron chi connectivity index (χ4n) is 2.89. The Bertz CT molecular complexity index is 704. The summed E-state index contributed by atoms with van der Waals surface area (Å²) in [7, 11) is 5.09. The third-order valence-electron chi connectivity index (χ3n) is 4.36. The number of nitrogens with one attached hydrogen (secondary N) is 2. The summed E-state index contributed by atoms with van der Waals surface area (Å²) in [6.45, 7) is 2.56. The summed E-state index contributed by atoms with van der Waals surface area (Å²) in [6, 6.07) is 15.8. The normalized spacial score (nSPS) is 12.9. The molecule has 0 fully saturated rings. The van der Waals surface area contributed by atoms with E-state index in [1.165, 1.54) is 0 Å². The minimum atomic E-state index is -0.110. The fourth-order valence-corrected chi connectivity index (χ4v) is 2.89. The van der Waals surface area contributed by atoms with E-state index >= 15 is 0 Å². The fraction of sp³-hybridized carbons (Fsp3) is 0.381. The molecule has 0 radical (unpaired) electrons. The number of carbonyl (C=O) groups excluding carboxylic acids is 1. The Morgan fingerprint density at radius 3 is 2.35 bits per heavy atom. The van der Waals surface area contributed by atoms with E-state index in [2.05, 4.69) is 10.6 Å². The van der Waals surface area contributed by atoms with Crippen molar-refractivity contribution in [1.82, 2.24) is 10.6 Å². The second kappa shape index (κ2) is 9.82. The largest absolute Gasteiger partial charge is 0.493 e. The van der Waals surface area contributed by atoms with Crippen molar-refractivity contribution in [2.45, 2.75) is 19.4 Å². The van der Waals surface area contributed by atoms with Gasteiger partial charge in [-0.05, 0) is 36.7 Å². The first-order valence-electron chi connectivity index (χ1n) is 8.79. The topological polar surface area (TPSA) is 59.6 Å². The van der Waals surface area contributed by atoms with Gasteiger partial charge in [0.15, 0.2) is 11.5 Å². The van der Waals surface area contributed by atoms with Crippen LogP contribution in [-0.2, 0) is 11.2 Å². The molecular formula is C21H28N2O3. The van der Waals surface area contributed by atoms with E-state index in [0.29, 0.717) is 24.5 Å². The van der Waals surface area contributed by atoms with Gasteiger partial charge in [0.2, 0.25) is 5.91 Å². The Balaban J connectivity index is 2.23. The summed E-state index contributed by atoms with van der Waals surface area (Å²) in [5.41, 5.74) is 2.14. The highest BCUT2D eigenvalue weighted by Crippen LogP contribution is 2.29. The predicted octanol–water partition coefficient (Wildman–Crippen LogP) is 2.96. The number of hydrogen-bond donors (Lipinski definition) is 2. The molecule has 5 heteroatoms. The van der Waals surface area contributed by atoms with Crippen LogP contribution in [0.25, 0.3) is 0 Å². The second-order valence-corrected chi connectivity index (χ2v) is 6.32. The van der Waals surface area contributed by atoms with Crippen LogP contribution in [-0.4, -0.2) is 33.7 Å². The van der Waals surface area contributed by atoms with E-state index in [1.54, 1.807) is 14.2 Å². The lowest BCUT2D eigenvalue weighted by molar-refractivity contribution is -0.125. The molecule has 1 amide bonds. The second-order valence-electron chi connectivity index (χ2n) is 6.32. The molecule has 0 spiro atoms. The van der Waals surface area contributed by atoms with Gasteiger partial charge < -0.3 is 20.1 Å². The van der Waals surface area contributed by atoms with Crippen LogP contribution in [0, 0.1) is 5.92 Å². The van der Waals surface area contributed by atoms with E-state index in [9.17, 15) is 4.79 Å². The van der Waals surface area contributed by atoms with Gasteiger partial charge in [-0.2, -0.15) is 0 Å². The molecule has 0 heterocycles. The SMILES string of the molecule is CNCC(C)C(=O)NC(Cc1ccc(OC)c(OC)c1)c1ccccc1. The monoisotopic (exact) mass is 356 g/mol. The summed E-state index contributed by atoms with van der Waals surface area (Å²) >= 11 is 0. The lowest BCUT2D eigenvalue weighted by atomic mass is 9.97. The molecule has 5 nitrogen and oxygen atoms in total. The number of rotatable bonds is 9. The van der Waals surface area contributed by atoms with E-state index in [0.717, 1.165) is 11.1 Å². The molecule has 2 N–H and O–H groups in total. The molecule has 0 aliphatic carbocycles. The van der Waals surface area contributed by atoms with Gasteiger partial charge in [0.05, 0.1) is 20.3 Å². The van der Waals surface area contributed by atoms with Crippen LogP contribution in [0.4, 0.5) is 0 Å². The van der Waals surface area contributed by atoms with Crippen LogP contribution >= 0.6 is 0 Å². The molecule has 0 saturated carbocycles. The van der Waals surface area contributed by atoms with Crippen molar-refractivity contribution in [2.24, 2.45) is 5.92 Å². The van der Waals surface area contributed by atoms with Gasteiger partial charge in [-0.25, -0.2) is 0 Å². The lowest BCUT2D eigenvalue weighted by Gasteiger charge is -2.22. The summed E-state index contributed by atoms with van der Waals surface area (Å²) in [5.74, 6) is 1.32. The zero-order valence-electron chi connectivity index (χ0n) is 15.9. The number of amides is 1. The number of methoxy groups -OCH3 is 2. The molecule has 0 bridgehead atoms. The highest BCUT2D eigenvalue weighted by atomic mass is 16.5. The Hall–Kier alpha value is -2.53. The van der Waals surface area contributed by atoms with Gasteiger partial charge in [-0.3, -0.25) is 4.79 Å². The minimum absolute atomic E-state index is 0.0358. The maximum atomic E-state index is 12.5. The first kappa shape index (κ1) is 19.8. The molecule has 2 aromatic rings.